The van der Waals surface area contributed by atoms with Crippen LogP contribution in [0.5, 0.6) is 5.75 Å². The second-order valence-corrected chi connectivity index (χ2v) is 6.37. The number of ketones is 2. The number of aromatic hydroxyl groups is 1. The van der Waals surface area contributed by atoms with E-state index in [1.54, 1.807) is 0 Å². The van der Waals surface area contributed by atoms with Crippen molar-refractivity contribution in [3.63, 3.8) is 0 Å². The van der Waals surface area contributed by atoms with Gasteiger partial charge in [0.1, 0.15) is 5.75 Å². The van der Waals surface area contributed by atoms with Gasteiger partial charge < -0.3 is 24.8 Å². The van der Waals surface area contributed by atoms with E-state index in [-0.39, 0.29) is 17.5 Å². The lowest BCUT2D eigenvalue weighted by molar-refractivity contribution is -0.228. The molecule has 0 spiro atoms. The maximum Gasteiger partial charge on any atom is 0.308 e. The number of carbonyl (C=O) groups is 3. The van der Waals surface area contributed by atoms with Crippen LogP contribution in [0.3, 0.4) is 0 Å². The molecule has 8 nitrogen and oxygen atoms in total. The largest absolute Gasteiger partial charge is 0.507 e. The van der Waals surface area contributed by atoms with Crippen molar-refractivity contribution in [1.82, 2.24) is 0 Å². The van der Waals surface area contributed by atoms with E-state index in [0.717, 1.165) is 0 Å². The molecule has 0 amide bonds. The van der Waals surface area contributed by atoms with Crippen molar-refractivity contribution in [2.24, 2.45) is 0 Å². The van der Waals surface area contributed by atoms with E-state index >= 15 is 0 Å². The molecule has 1 aromatic carbocycles. The summed E-state index contributed by atoms with van der Waals surface area (Å²) in [5, 5.41) is 32.0. The number of hydrogen-bond donors (Lipinski definition) is 3. The molecule has 4 atom stereocenters. The summed E-state index contributed by atoms with van der Waals surface area (Å²) in [6, 6.07) is 3.87. The van der Waals surface area contributed by atoms with Crippen LogP contribution in [0.2, 0.25) is 0 Å². The summed E-state index contributed by atoms with van der Waals surface area (Å²) in [6.07, 6.45) is -2.93. The van der Waals surface area contributed by atoms with E-state index in [9.17, 15) is 29.7 Å². The van der Waals surface area contributed by atoms with Gasteiger partial charge in [-0.15, -0.1) is 0 Å². The van der Waals surface area contributed by atoms with Crippen LogP contribution in [-0.2, 0) is 14.3 Å². The smallest absolute Gasteiger partial charge is 0.308 e. The fourth-order valence-corrected chi connectivity index (χ4v) is 3.66. The number of methoxy groups -OCH3 is 1. The number of Topliss-reactive ketones (excluding diaryl/α,β-unsaturated/α-hetero) is 2. The minimum absolute atomic E-state index is 0.181. The molecule has 1 saturated heterocycles. The molecule has 0 aromatic heterocycles. The van der Waals surface area contributed by atoms with Gasteiger partial charge in [0.05, 0.1) is 31.3 Å². The monoisotopic (exact) mass is 350 g/mol. The van der Waals surface area contributed by atoms with Crippen molar-refractivity contribution in [3.8, 4) is 5.75 Å². The molecule has 3 N–H and O–H groups in total. The third-order valence-corrected chi connectivity index (χ3v) is 5.00. The first-order chi connectivity index (χ1) is 11.7. The second-order valence-electron chi connectivity index (χ2n) is 6.37. The molecule has 3 rings (SSSR count). The topological polar surface area (TPSA) is 130 Å². The lowest BCUT2D eigenvalue weighted by Gasteiger charge is -2.52. The van der Waals surface area contributed by atoms with Crippen molar-refractivity contribution in [2.75, 3.05) is 7.11 Å². The van der Waals surface area contributed by atoms with E-state index in [4.69, 9.17) is 4.74 Å². The van der Waals surface area contributed by atoms with Crippen LogP contribution in [0.15, 0.2) is 18.2 Å². The van der Waals surface area contributed by atoms with Crippen molar-refractivity contribution >= 4 is 17.5 Å². The number of rotatable bonds is 2. The maximum absolute atomic E-state index is 12.9. The third-order valence-electron chi connectivity index (χ3n) is 5.00. The van der Waals surface area contributed by atoms with Crippen molar-refractivity contribution < 1.29 is 39.2 Å². The summed E-state index contributed by atoms with van der Waals surface area (Å²) in [5.41, 5.74) is -5.56. The highest BCUT2D eigenvalue weighted by Crippen LogP contribution is 2.48. The van der Waals surface area contributed by atoms with Gasteiger partial charge in [-0.25, -0.2) is 0 Å². The molecule has 1 heterocycles. The highest BCUT2D eigenvalue weighted by atomic mass is 16.5. The van der Waals surface area contributed by atoms with E-state index in [0.29, 0.717) is 0 Å². The van der Waals surface area contributed by atoms with Gasteiger partial charge in [-0.1, -0.05) is 12.1 Å². The van der Waals surface area contributed by atoms with Crippen LogP contribution in [0.25, 0.3) is 0 Å². The molecule has 8 heteroatoms. The fraction of sp³-hybridized carbons (Fsp3) is 0.471. The lowest BCUT2D eigenvalue weighted by atomic mass is 9.61. The molecule has 0 unspecified atom stereocenters. The van der Waals surface area contributed by atoms with Crippen molar-refractivity contribution in [1.29, 1.82) is 0 Å². The predicted octanol–water partition coefficient (Wildman–Crippen LogP) is -0.0261. The number of esters is 1. The van der Waals surface area contributed by atoms with Gasteiger partial charge in [0.15, 0.2) is 11.2 Å². The van der Waals surface area contributed by atoms with E-state index in [2.05, 4.69) is 4.74 Å². The van der Waals surface area contributed by atoms with Crippen molar-refractivity contribution in [3.05, 3.63) is 29.3 Å². The number of benzene rings is 1. The van der Waals surface area contributed by atoms with E-state index < -0.39 is 53.1 Å². The van der Waals surface area contributed by atoms with Crippen LogP contribution in [0.1, 0.15) is 40.5 Å². The van der Waals surface area contributed by atoms with Gasteiger partial charge in [0, 0.05) is 12.0 Å². The molecule has 25 heavy (non-hydrogen) atoms. The van der Waals surface area contributed by atoms with Gasteiger partial charge >= 0.3 is 5.97 Å². The zero-order valence-corrected chi connectivity index (χ0v) is 13.7. The van der Waals surface area contributed by atoms with Gasteiger partial charge in [0.2, 0.25) is 11.6 Å². The van der Waals surface area contributed by atoms with E-state index in [1.807, 2.05) is 0 Å². The average Bonchev–Trinajstić information content (AvgIpc) is 2.56. The molecule has 1 aromatic rings. The van der Waals surface area contributed by atoms with Crippen LogP contribution in [0, 0.1) is 0 Å². The van der Waals surface area contributed by atoms with Gasteiger partial charge in [0.25, 0.3) is 0 Å². The third kappa shape index (κ3) is 2.21. The minimum atomic E-state index is -2.52. The molecule has 0 saturated carbocycles. The molecular formula is C17H18O8. The summed E-state index contributed by atoms with van der Waals surface area (Å²) in [4.78, 5) is 37.2. The normalized spacial score (nSPS) is 34.2. The standard InChI is InChI=1S/C17H18O8/c1-8-17(23)14(20)10-4-3-5-11(18)13(10)15(21)16(17,22)7-9(25-8)6-12(19)24-2/h3-5,8-9,18,22-23H,6-7H2,1-2H3/t8-,9-,16+,17-/m0/s1. The Balaban J connectivity index is 2.12. The summed E-state index contributed by atoms with van der Waals surface area (Å²) < 4.78 is 10.1. The number of aliphatic hydroxyl groups is 2. The highest BCUT2D eigenvalue weighted by molar-refractivity contribution is 6.23. The summed E-state index contributed by atoms with van der Waals surface area (Å²) in [7, 11) is 1.18. The van der Waals surface area contributed by atoms with Gasteiger partial charge in [-0.2, -0.15) is 0 Å². The Morgan fingerprint density at radius 1 is 1.32 bits per heavy atom. The number of fused-ring (bicyclic) bond motifs is 2. The first kappa shape index (κ1) is 17.5. The lowest BCUT2D eigenvalue weighted by Crippen LogP contribution is -2.75. The SMILES string of the molecule is COC(=O)C[C@H]1C[C@@]2(O)C(=O)c3c(O)cccc3C(=O)[C@@]2(O)[C@H](C)O1. The Bertz CT molecular complexity index is 772. The first-order valence-corrected chi connectivity index (χ1v) is 7.75. The minimum Gasteiger partial charge on any atom is -0.507 e. The zero-order valence-electron chi connectivity index (χ0n) is 13.7. The number of hydrogen-bond acceptors (Lipinski definition) is 8. The number of phenols is 1. The van der Waals surface area contributed by atoms with Gasteiger partial charge in [-0.3, -0.25) is 14.4 Å². The van der Waals surface area contributed by atoms with Crippen LogP contribution in [0.4, 0.5) is 0 Å². The molecule has 0 radical (unpaired) electrons. The van der Waals surface area contributed by atoms with Crippen LogP contribution >= 0.6 is 0 Å². The first-order valence-electron chi connectivity index (χ1n) is 7.75. The molecule has 1 aliphatic carbocycles. The van der Waals surface area contributed by atoms with Gasteiger partial charge in [-0.05, 0) is 13.0 Å². The molecule has 1 aliphatic heterocycles. The molecular weight excluding hydrogens is 332 g/mol. The fourth-order valence-electron chi connectivity index (χ4n) is 3.66. The number of carbonyl (C=O) groups excluding carboxylic acids is 3. The molecule has 1 fully saturated rings. The van der Waals surface area contributed by atoms with Crippen molar-refractivity contribution in [2.45, 2.75) is 43.2 Å². The molecule has 134 valence electrons. The van der Waals surface area contributed by atoms with E-state index in [1.165, 1.54) is 32.2 Å². The Morgan fingerprint density at radius 2 is 2.00 bits per heavy atom. The zero-order chi connectivity index (χ0) is 18.6. The summed E-state index contributed by atoms with van der Waals surface area (Å²) in [5.74, 6) is -2.98. The summed E-state index contributed by atoms with van der Waals surface area (Å²) >= 11 is 0. The van der Waals surface area contributed by atoms with Crippen LogP contribution in [-0.4, -0.2) is 63.4 Å². The molecule has 2 aliphatic rings. The predicted molar refractivity (Wildman–Crippen MR) is 82.3 cm³/mol. The maximum atomic E-state index is 12.9. The highest BCUT2D eigenvalue weighted by Gasteiger charge is 2.69. The Kier molecular flexibility index (Phi) is 3.94. The molecule has 0 bridgehead atoms. The quantitative estimate of drug-likeness (QED) is 0.634. The average molecular weight is 350 g/mol. The number of phenolic OH excluding ortho intramolecular Hbond substituents is 1. The van der Waals surface area contributed by atoms with Crippen LogP contribution < -0.4 is 0 Å². The Morgan fingerprint density at radius 3 is 2.64 bits per heavy atom. The summed E-state index contributed by atoms with van der Waals surface area (Å²) in [6.45, 7) is 1.34. The Hall–Kier alpha value is -2.29. The Labute approximate surface area is 143 Å². The second kappa shape index (κ2) is 5.62. The number of ether oxygens (including phenoxy) is 2.